The topological polar surface area (TPSA) is 90.5 Å². The second-order valence-corrected chi connectivity index (χ2v) is 4.91. The predicted octanol–water partition coefficient (Wildman–Crippen LogP) is 0.620. The summed E-state index contributed by atoms with van der Waals surface area (Å²) in [5.41, 5.74) is 0.178. The Morgan fingerprint density at radius 2 is 2.11 bits per heavy atom. The van der Waals surface area contributed by atoms with Gasteiger partial charge in [0.25, 0.3) is 11.5 Å². The molecule has 6 heteroatoms. The van der Waals surface area contributed by atoms with Crippen molar-refractivity contribution in [1.82, 2.24) is 9.88 Å². The number of hydrogen-bond acceptors (Lipinski definition) is 3. The summed E-state index contributed by atoms with van der Waals surface area (Å²) in [7, 11) is 0. The number of rotatable bonds is 5. The fourth-order valence-electron chi connectivity index (χ4n) is 1.91. The minimum absolute atomic E-state index is 0.00694. The Morgan fingerprint density at radius 1 is 1.42 bits per heavy atom. The number of aliphatic carboxylic acids is 1. The zero-order valence-electron chi connectivity index (χ0n) is 10.7. The van der Waals surface area contributed by atoms with Crippen LogP contribution in [0.5, 0.6) is 0 Å². The molecule has 6 nitrogen and oxygen atoms in total. The minimum atomic E-state index is -1.07. The number of nitrogens with zero attached hydrogens (tertiary/aromatic N) is 1. The van der Waals surface area contributed by atoms with Crippen molar-refractivity contribution in [3.8, 4) is 0 Å². The van der Waals surface area contributed by atoms with Crippen molar-refractivity contribution in [3.05, 3.63) is 33.7 Å². The highest BCUT2D eigenvalue weighted by Gasteiger charge is 2.29. The molecular formula is C13H16N2O4. The highest BCUT2D eigenvalue weighted by molar-refractivity contribution is 5.95. The highest BCUT2D eigenvalue weighted by atomic mass is 16.4. The molecule has 0 aliphatic heterocycles. The van der Waals surface area contributed by atoms with E-state index in [0.717, 1.165) is 12.8 Å². The summed E-state index contributed by atoms with van der Waals surface area (Å²) in [6, 6.07) is 3.07. The molecule has 1 aliphatic carbocycles. The number of aromatic nitrogens is 1. The summed E-state index contributed by atoms with van der Waals surface area (Å²) in [4.78, 5) is 38.5. The summed E-state index contributed by atoms with van der Waals surface area (Å²) in [5.74, 6) is -1.22. The van der Waals surface area contributed by atoms with Crippen LogP contribution in [0.2, 0.25) is 0 Å². The number of amides is 1. The fraction of sp³-hybridized carbons (Fsp3) is 0.462. The average molecular weight is 264 g/mol. The average Bonchev–Trinajstić information content (AvgIpc) is 3.10. The first-order valence-electron chi connectivity index (χ1n) is 6.18. The van der Waals surface area contributed by atoms with Crippen LogP contribution in [0.3, 0.4) is 0 Å². The van der Waals surface area contributed by atoms with Crippen LogP contribution < -0.4 is 5.56 Å². The second-order valence-electron chi connectivity index (χ2n) is 4.91. The molecule has 102 valence electrons. The first-order chi connectivity index (χ1) is 8.97. The molecule has 1 amide bonds. The second kappa shape index (κ2) is 5.26. The van der Waals surface area contributed by atoms with Gasteiger partial charge in [-0.2, -0.15) is 0 Å². The van der Waals surface area contributed by atoms with Gasteiger partial charge in [-0.1, -0.05) is 0 Å². The third-order valence-electron chi connectivity index (χ3n) is 3.07. The quantitative estimate of drug-likeness (QED) is 0.815. The van der Waals surface area contributed by atoms with Crippen molar-refractivity contribution in [1.29, 1.82) is 0 Å². The Bertz CT molecular complexity index is 560. The lowest BCUT2D eigenvalue weighted by Gasteiger charge is -2.20. The molecule has 2 N–H and O–H groups in total. The molecule has 2 rings (SSSR count). The van der Waals surface area contributed by atoms with E-state index in [4.69, 9.17) is 5.11 Å². The summed E-state index contributed by atoms with van der Waals surface area (Å²) in [5, 5.41) is 8.85. The standard InChI is InChI=1S/C13H16N2O4/c1-8-2-5-10(12(18)14-8)13(19)15(7-11(16)17)6-9-3-4-9/h2,5,9H,3-4,6-7H2,1H3,(H,14,18)(H,16,17). The van der Waals surface area contributed by atoms with Crippen molar-refractivity contribution in [2.24, 2.45) is 5.92 Å². The lowest BCUT2D eigenvalue weighted by molar-refractivity contribution is -0.137. The number of carboxylic acid groups (broad SMARTS) is 1. The van der Waals surface area contributed by atoms with E-state index in [1.165, 1.54) is 11.0 Å². The number of hydrogen-bond donors (Lipinski definition) is 2. The third kappa shape index (κ3) is 3.43. The Labute approximate surface area is 110 Å². The monoisotopic (exact) mass is 264 g/mol. The van der Waals surface area contributed by atoms with Gasteiger partial charge in [-0.15, -0.1) is 0 Å². The van der Waals surface area contributed by atoms with Gasteiger partial charge >= 0.3 is 5.97 Å². The van der Waals surface area contributed by atoms with Crippen molar-refractivity contribution < 1.29 is 14.7 Å². The lowest BCUT2D eigenvalue weighted by Crippen LogP contribution is -2.39. The van der Waals surface area contributed by atoms with Gasteiger partial charge in [-0.05, 0) is 37.8 Å². The van der Waals surface area contributed by atoms with Crippen LogP contribution in [0.4, 0.5) is 0 Å². The normalized spacial score (nSPS) is 14.2. The number of carboxylic acids is 1. The van der Waals surface area contributed by atoms with Gasteiger partial charge in [-0.25, -0.2) is 0 Å². The van der Waals surface area contributed by atoms with Crippen LogP contribution in [0.1, 0.15) is 28.9 Å². The molecule has 1 aromatic heterocycles. The maximum atomic E-state index is 12.2. The van der Waals surface area contributed by atoms with Gasteiger partial charge in [0.15, 0.2) is 0 Å². The Kier molecular flexibility index (Phi) is 3.69. The van der Waals surface area contributed by atoms with Crippen LogP contribution in [0, 0.1) is 12.8 Å². The van der Waals surface area contributed by atoms with Crippen LogP contribution in [-0.4, -0.2) is 40.0 Å². The number of aryl methyl sites for hydroxylation is 1. The third-order valence-corrected chi connectivity index (χ3v) is 3.07. The molecule has 1 aromatic rings. The highest BCUT2D eigenvalue weighted by Crippen LogP contribution is 2.29. The molecule has 0 bridgehead atoms. The van der Waals surface area contributed by atoms with Gasteiger partial charge in [0, 0.05) is 12.2 Å². The number of carbonyl (C=O) groups is 2. The van der Waals surface area contributed by atoms with E-state index in [2.05, 4.69) is 4.98 Å². The minimum Gasteiger partial charge on any atom is -0.480 e. The Balaban J connectivity index is 2.21. The summed E-state index contributed by atoms with van der Waals surface area (Å²) in [6.45, 7) is 1.75. The molecule has 0 radical (unpaired) electrons. The van der Waals surface area contributed by atoms with Crippen LogP contribution in [-0.2, 0) is 4.79 Å². The van der Waals surface area contributed by atoms with E-state index >= 15 is 0 Å². The predicted molar refractivity (Wildman–Crippen MR) is 68.1 cm³/mol. The van der Waals surface area contributed by atoms with Crippen molar-refractivity contribution >= 4 is 11.9 Å². The van der Waals surface area contributed by atoms with E-state index in [1.807, 2.05) is 0 Å². The number of pyridine rings is 1. The molecule has 1 aliphatic rings. The molecule has 0 spiro atoms. The van der Waals surface area contributed by atoms with Gasteiger partial charge < -0.3 is 15.0 Å². The van der Waals surface area contributed by atoms with Crippen LogP contribution in [0.25, 0.3) is 0 Å². The first kappa shape index (κ1) is 13.3. The van der Waals surface area contributed by atoms with Gasteiger partial charge in [0.05, 0.1) is 0 Å². The SMILES string of the molecule is Cc1ccc(C(=O)N(CC(=O)O)CC2CC2)c(=O)[nH]1. The van der Waals surface area contributed by atoms with E-state index < -0.39 is 17.4 Å². The van der Waals surface area contributed by atoms with Gasteiger partial charge in [0.1, 0.15) is 12.1 Å². The van der Waals surface area contributed by atoms with E-state index in [0.29, 0.717) is 18.2 Å². The van der Waals surface area contributed by atoms with Gasteiger partial charge in [-0.3, -0.25) is 14.4 Å². The number of H-pyrrole nitrogens is 1. The number of carbonyl (C=O) groups excluding carboxylic acids is 1. The Hall–Kier alpha value is -2.11. The Morgan fingerprint density at radius 3 is 2.63 bits per heavy atom. The van der Waals surface area contributed by atoms with Crippen molar-refractivity contribution in [3.63, 3.8) is 0 Å². The number of aromatic amines is 1. The molecule has 19 heavy (non-hydrogen) atoms. The fourth-order valence-corrected chi connectivity index (χ4v) is 1.91. The molecular weight excluding hydrogens is 248 g/mol. The summed E-state index contributed by atoms with van der Waals surface area (Å²) >= 11 is 0. The molecule has 0 atom stereocenters. The smallest absolute Gasteiger partial charge is 0.323 e. The van der Waals surface area contributed by atoms with Crippen LogP contribution in [0.15, 0.2) is 16.9 Å². The summed E-state index contributed by atoms with van der Waals surface area (Å²) < 4.78 is 0. The first-order valence-corrected chi connectivity index (χ1v) is 6.18. The van der Waals surface area contributed by atoms with E-state index in [9.17, 15) is 14.4 Å². The molecule has 0 aromatic carbocycles. The molecule has 1 fully saturated rings. The largest absolute Gasteiger partial charge is 0.480 e. The van der Waals surface area contributed by atoms with Crippen molar-refractivity contribution in [2.75, 3.05) is 13.1 Å². The number of nitrogens with one attached hydrogen (secondary N) is 1. The van der Waals surface area contributed by atoms with E-state index in [1.54, 1.807) is 13.0 Å². The molecule has 1 heterocycles. The van der Waals surface area contributed by atoms with Crippen LogP contribution >= 0.6 is 0 Å². The molecule has 0 unspecified atom stereocenters. The maximum absolute atomic E-state index is 12.2. The maximum Gasteiger partial charge on any atom is 0.323 e. The molecule has 0 saturated heterocycles. The zero-order chi connectivity index (χ0) is 14.0. The van der Waals surface area contributed by atoms with Gasteiger partial charge in [0.2, 0.25) is 0 Å². The van der Waals surface area contributed by atoms with Crippen molar-refractivity contribution in [2.45, 2.75) is 19.8 Å². The summed E-state index contributed by atoms with van der Waals surface area (Å²) in [6.07, 6.45) is 2.02. The van der Waals surface area contributed by atoms with E-state index in [-0.39, 0.29) is 12.1 Å². The lowest BCUT2D eigenvalue weighted by atomic mass is 10.2. The molecule has 1 saturated carbocycles. The zero-order valence-corrected chi connectivity index (χ0v) is 10.7.